The number of hydrogen-bond acceptors (Lipinski definition) is 5. The van der Waals surface area contributed by atoms with Crippen LogP contribution in [0, 0.1) is 0 Å². The molecule has 4 rings (SSSR count). The summed E-state index contributed by atoms with van der Waals surface area (Å²) in [4.78, 5) is 16.9. The second kappa shape index (κ2) is 9.50. The lowest BCUT2D eigenvalue weighted by Gasteiger charge is -2.33. The summed E-state index contributed by atoms with van der Waals surface area (Å²) in [6, 6.07) is 15.2. The van der Waals surface area contributed by atoms with Gasteiger partial charge in [-0.2, -0.15) is 0 Å². The molecule has 0 atom stereocenters. The van der Waals surface area contributed by atoms with Crippen molar-refractivity contribution in [3.8, 4) is 5.75 Å². The first-order valence-electron chi connectivity index (χ1n) is 10.2. The smallest absolute Gasteiger partial charge is 0.289 e. The van der Waals surface area contributed by atoms with Gasteiger partial charge in [0.25, 0.3) is 5.91 Å². The van der Waals surface area contributed by atoms with E-state index in [4.69, 9.17) is 13.6 Å². The van der Waals surface area contributed by atoms with E-state index in [2.05, 4.69) is 11.5 Å². The number of nitrogens with zero attached hydrogens (tertiary/aromatic N) is 2. The van der Waals surface area contributed by atoms with Crippen LogP contribution in [0.2, 0.25) is 0 Å². The zero-order valence-electron chi connectivity index (χ0n) is 17.0. The lowest BCUT2D eigenvalue weighted by Crippen LogP contribution is -2.48. The number of ether oxygens (including phenoxy) is 1. The SMILES string of the molecule is C=CCc1ccccc1OCc1ccc(C(=O)N2CCN(Cc3ccco3)CC2)o1. The largest absolute Gasteiger partial charge is 0.485 e. The number of furan rings is 2. The number of hydrogen-bond donors (Lipinski definition) is 0. The van der Waals surface area contributed by atoms with Crippen molar-refractivity contribution < 1.29 is 18.4 Å². The van der Waals surface area contributed by atoms with E-state index in [1.807, 2.05) is 47.4 Å². The van der Waals surface area contributed by atoms with Crippen molar-refractivity contribution in [2.75, 3.05) is 26.2 Å². The molecule has 0 spiro atoms. The molecule has 3 aromatic rings. The van der Waals surface area contributed by atoms with Gasteiger partial charge in [-0.3, -0.25) is 9.69 Å². The van der Waals surface area contributed by atoms with Gasteiger partial charge in [-0.05, 0) is 42.3 Å². The standard InChI is InChI=1S/C24H26N2O4/c1-2-6-19-7-3-4-9-22(19)29-18-21-10-11-23(30-21)24(27)26-14-12-25(13-15-26)17-20-8-5-16-28-20/h2-5,7-11,16H,1,6,12-15,17-18H2. The minimum absolute atomic E-state index is 0.0778. The van der Waals surface area contributed by atoms with E-state index in [0.717, 1.165) is 43.1 Å². The molecule has 1 saturated heterocycles. The topological polar surface area (TPSA) is 59.1 Å². The third-order valence-electron chi connectivity index (χ3n) is 5.20. The molecule has 1 aliphatic heterocycles. The van der Waals surface area contributed by atoms with Crippen LogP contribution in [0.5, 0.6) is 5.75 Å². The van der Waals surface area contributed by atoms with Crippen LogP contribution in [0.3, 0.4) is 0 Å². The number of benzene rings is 1. The van der Waals surface area contributed by atoms with Crippen LogP contribution >= 0.6 is 0 Å². The van der Waals surface area contributed by atoms with E-state index in [-0.39, 0.29) is 12.5 Å². The number of carbonyl (C=O) groups is 1. The Morgan fingerprint density at radius 1 is 1.03 bits per heavy atom. The molecular weight excluding hydrogens is 380 g/mol. The van der Waals surface area contributed by atoms with Crippen molar-refractivity contribution in [1.29, 1.82) is 0 Å². The van der Waals surface area contributed by atoms with E-state index in [0.29, 0.717) is 24.6 Å². The van der Waals surface area contributed by atoms with Gasteiger partial charge in [0.1, 0.15) is 23.9 Å². The number of carbonyl (C=O) groups excluding carboxylic acids is 1. The van der Waals surface area contributed by atoms with Crippen LogP contribution in [0.25, 0.3) is 0 Å². The van der Waals surface area contributed by atoms with Crippen molar-refractivity contribution in [2.45, 2.75) is 19.6 Å². The van der Waals surface area contributed by atoms with Crippen LogP contribution in [-0.2, 0) is 19.6 Å². The average molecular weight is 406 g/mol. The van der Waals surface area contributed by atoms with E-state index in [1.54, 1.807) is 18.4 Å². The van der Waals surface area contributed by atoms with E-state index in [9.17, 15) is 4.79 Å². The van der Waals surface area contributed by atoms with Crippen molar-refractivity contribution in [1.82, 2.24) is 9.80 Å². The van der Waals surface area contributed by atoms with Gasteiger partial charge in [0, 0.05) is 26.2 Å². The highest BCUT2D eigenvalue weighted by atomic mass is 16.5. The van der Waals surface area contributed by atoms with Crippen LogP contribution in [-0.4, -0.2) is 41.9 Å². The van der Waals surface area contributed by atoms with Crippen molar-refractivity contribution >= 4 is 5.91 Å². The number of amides is 1. The number of allylic oxidation sites excluding steroid dienone is 1. The van der Waals surface area contributed by atoms with Gasteiger partial charge < -0.3 is 18.5 Å². The molecule has 2 aromatic heterocycles. The molecule has 0 N–H and O–H groups in total. The summed E-state index contributed by atoms with van der Waals surface area (Å²) in [5.41, 5.74) is 1.07. The van der Waals surface area contributed by atoms with Gasteiger partial charge in [-0.15, -0.1) is 6.58 Å². The number of para-hydroxylation sites is 1. The summed E-state index contributed by atoms with van der Waals surface area (Å²) in [6.07, 6.45) is 4.27. The normalized spacial score (nSPS) is 14.6. The molecule has 3 heterocycles. The second-order valence-electron chi connectivity index (χ2n) is 7.30. The minimum Gasteiger partial charge on any atom is -0.485 e. The molecule has 0 aliphatic carbocycles. The fourth-order valence-electron chi connectivity index (χ4n) is 3.58. The summed E-state index contributed by atoms with van der Waals surface area (Å²) in [7, 11) is 0. The Balaban J connectivity index is 1.30. The molecule has 30 heavy (non-hydrogen) atoms. The molecule has 6 nitrogen and oxygen atoms in total. The summed E-state index contributed by atoms with van der Waals surface area (Å²) < 4.78 is 17.1. The fourth-order valence-corrected chi connectivity index (χ4v) is 3.58. The van der Waals surface area contributed by atoms with Crippen LogP contribution in [0.15, 0.2) is 76.3 Å². The van der Waals surface area contributed by atoms with Gasteiger partial charge in [0.2, 0.25) is 0 Å². The zero-order valence-corrected chi connectivity index (χ0v) is 17.0. The Hall–Kier alpha value is -3.25. The fraction of sp³-hybridized carbons (Fsp3) is 0.292. The Morgan fingerprint density at radius 2 is 1.87 bits per heavy atom. The molecule has 0 bridgehead atoms. The first kappa shape index (κ1) is 20.0. The third kappa shape index (κ3) is 4.83. The van der Waals surface area contributed by atoms with Gasteiger partial charge >= 0.3 is 0 Å². The maximum absolute atomic E-state index is 12.8. The summed E-state index contributed by atoms with van der Waals surface area (Å²) >= 11 is 0. The van der Waals surface area contributed by atoms with Crippen molar-refractivity contribution in [3.63, 3.8) is 0 Å². The molecule has 1 fully saturated rings. The Morgan fingerprint density at radius 3 is 2.63 bits per heavy atom. The van der Waals surface area contributed by atoms with Crippen LogP contribution in [0.1, 0.15) is 27.6 Å². The Bertz CT molecular complexity index is 969. The molecule has 0 saturated carbocycles. The van der Waals surface area contributed by atoms with E-state index < -0.39 is 0 Å². The second-order valence-corrected chi connectivity index (χ2v) is 7.30. The summed E-state index contributed by atoms with van der Waals surface area (Å²) in [5.74, 6) is 2.65. The molecule has 0 unspecified atom stereocenters. The monoisotopic (exact) mass is 406 g/mol. The zero-order chi connectivity index (χ0) is 20.8. The molecule has 0 radical (unpaired) electrons. The minimum atomic E-state index is -0.0778. The van der Waals surface area contributed by atoms with Gasteiger partial charge in [0.15, 0.2) is 5.76 Å². The van der Waals surface area contributed by atoms with Crippen molar-refractivity contribution in [2.24, 2.45) is 0 Å². The lowest BCUT2D eigenvalue weighted by molar-refractivity contribution is 0.0586. The summed E-state index contributed by atoms with van der Waals surface area (Å²) in [6.45, 7) is 7.78. The highest BCUT2D eigenvalue weighted by Crippen LogP contribution is 2.21. The quantitative estimate of drug-likeness (QED) is 0.526. The Kier molecular flexibility index (Phi) is 6.35. The van der Waals surface area contributed by atoms with Crippen LogP contribution < -0.4 is 4.74 Å². The van der Waals surface area contributed by atoms with Crippen LogP contribution in [0.4, 0.5) is 0 Å². The van der Waals surface area contributed by atoms with Gasteiger partial charge in [-0.25, -0.2) is 0 Å². The lowest BCUT2D eigenvalue weighted by atomic mass is 10.1. The highest BCUT2D eigenvalue weighted by molar-refractivity contribution is 5.91. The first-order chi connectivity index (χ1) is 14.7. The average Bonchev–Trinajstić information content (AvgIpc) is 3.46. The van der Waals surface area contributed by atoms with Gasteiger partial charge in [-0.1, -0.05) is 24.3 Å². The maximum Gasteiger partial charge on any atom is 0.289 e. The molecule has 6 heteroatoms. The predicted molar refractivity (Wildman–Crippen MR) is 113 cm³/mol. The van der Waals surface area contributed by atoms with E-state index in [1.165, 1.54) is 0 Å². The Labute approximate surface area is 176 Å². The number of rotatable bonds is 8. The molecule has 156 valence electrons. The van der Waals surface area contributed by atoms with E-state index >= 15 is 0 Å². The van der Waals surface area contributed by atoms with Crippen molar-refractivity contribution in [3.05, 3.63) is 90.3 Å². The van der Waals surface area contributed by atoms with Gasteiger partial charge in [0.05, 0.1) is 12.8 Å². The predicted octanol–water partition coefficient (Wildman–Crippen LogP) is 4.14. The molecule has 1 aromatic carbocycles. The maximum atomic E-state index is 12.8. The molecule has 1 amide bonds. The summed E-state index contributed by atoms with van der Waals surface area (Å²) in [5, 5.41) is 0. The first-order valence-corrected chi connectivity index (χ1v) is 10.2. The molecular formula is C24H26N2O4. The molecule has 1 aliphatic rings. The highest BCUT2D eigenvalue weighted by Gasteiger charge is 2.24. The third-order valence-corrected chi connectivity index (χ3v) is 5.20. The number of piperazine rings is 1.